The van der Waals surface area contributed by atoms with Crippen molar-refractivity contribution in [1.82, 2.24) is 0 Å². The van der Waals surface area contributed by atoms with Crippen molar-refractivity contribution >= 4 is 5.97 Å². The topological polar surface area (TPSA) is 52.3 Å². The van der Waals surface area contributed by atoms with Crippen molar-refractivity contribution < 1.29 is 9.53 Å². The molecule has 100 valence electrons. The molecule has 0 saturated heterocycles. The molecular weight excluding hydrogens is 214 g/mol. The molecule has 0 aromatic rings. The fraction of sp³-hybridized carbons (Fsp3) is 0.929. The number of nitrogens with two attached hydrogens (primary N) is 1. The lowest BCUT2D eigenvalue weighted by molar-refractivity contribution is -0.155. The zero-order valence-electron chi connectivity index (χ0n) is 11.7. The lowest BCUT2D eigenvalue weighted by Gasteiger charge is -2.38. The first-order chi connectivity index (χ1) is 7.84. The molecular formula is C14H27NO2. The first-order valence-electron chi connectivity index (χ1n) is 6.80. The van der Waals surface area contributed by atoms with Gasteiger partial charge in [-0.3, -0.25) is 4.79 Å². The summed E-state index contributed by atoms with van der Waals surface area (Å²) in [7, 11) is 0. The lowest BCUT2D eigenvalue weighted by Crippen LogP contribution is -2.39. The quantitative estimate of drug-likeness (QED) is 0.770. The summed E-state index contributed by atoms with van der Waals surface area (Å²) < 4.78 is 5.55. The summed E-state index contributed by atoms with van der Waals surface area (Å²) in [4.78, 5) is 11.8. The van der Waals surface area contributed by atoms with Crippen molar-refractivity contribution in [2.45, 2.75) is 71.9 Å². The third kappa shape index (κ3) is 4.66. The van der Waals surface area contributed by atoms with E-state index in [9.17, 15) is 4.79 Å². The van der Waals surface area contributed by atoms with Crippen LogP contribution in [0.4, 0.5) is 0 Å². The van der Waals surface area contributed by atoms with E-state index in [1.54, 1.807) is 0 Å². The minimum atomic E-state index is -0.444. The second-order valence-electron chi connectivity index (χ2n) is 6.37. The van der Waals surface area contributed by atoms with Crippen molar-refractivity contribution in [3.05, 3.63) is 0 Å². The van der Waals surface area contributed by atoms with Crippen molar-refractivity contribution in [3.63, 3.8) is 0 Å². The van der Waals surface area contributed by atoms with E-state index in [4.69, 9.17) is 10.5 Å². The largest absolute Gasteiger partial charge is 0.461 e. The number of hydrogen-bond donors (Lipinski definition) is 1. The standard InChI is InChI=1S/C14H27NO2/c1-5-6-12(15)13(16)17-11-7-10(2)8-14(3,4)9-11/h10-12H,5-9,15H2,1-4H3/t10?,11?,12-/m1/s1. The molecule has 1 saturated carbocycles. The van der Waals surface area contributed by atoms with E-state index in [0.717, 1.165) is 19.3 Å². The average molecular weight is 241 g/mol. The van der Waals surface area contributed by atoms with Gasteiger partial charge in [-0.15, -0.1) is 0 Å². The predicted molar refractivity (Wildman–Crippen MR) is 69.6 cm³/mol. The van der Waals surface area contributed by atoms with Crippen molar-refractivity contribution in [1.29, 1.82) is 0 Å². The molecule has 1 aliphatic rings. The van der Waals surface area contributed by atoms with E-state index in [2.05, 4.69) is 20.8 Å². The maximum Gasteiger partial charge on any atom is 0.323 e. The fourth-order valence-corrected chi connectivity index (χ4v) is 3.03. The molecule has 2 unspecified atom stereocenters. The number of carbonyl (C=O) groups excluding carboxylic acids is 1. The van der Waals surface area contributed by atoms with Crippen LogP contribution in [0.25, 0.3) is 0 Å². The minimum absolute atomic E-state index is 0.0594. The van der Waals surface area contributed by atoms with Crippen LogP contribution in [0.1, 0.15) is 59.8 Å². The molecule has 17 heavy (non-hydrogen) atoms. The van der Waals surface area contributed by atoms with Crippen molar-refractivity contribution in [3.8, 4) is 0 Å². The molecule has 0 amide bonds. The Labute approximate surface area is 105 Å². The third-order valence-corrected chi connectivity index (χ3v) is 3.53. The third-order valence-electron chi connectivity index (χ3n) is 3.53. The van der Waals surface area contributed by atoms with Gasteiger partial charge >= 0.3 is 5.97 Å². The van der Waals surface area contributed by atoms with Gasteiger partial charge in [0, 0.05) is 0 Å². The number of rotatable bonds is 4. The number of hydrogen-bond acceptors (Lipinski definition) is 3. The van der Waals surface area contributed by atoms with Crippen LogP contribution in [0.2, 0.25) is 0 Å². The maximum absolute atomic E-state index is 11.8. The summed E-state index contributed by atoms with van der Waals surface area (Å²) in [5.74, 6) is 0.403. The minimum Gasteiger partial charge on any atom is -0.461 e. The van der Waals surface area contributed by atoms with Gasteiger partial charge < -0.3 is 10.5 Å². The van der Waals surface area contributed by atoms with E-state index in [1.165, 1.54) is 6.42 Å². The number of carbonyl (C=O) groups is 1. The van der Waals surface area contributed by atoms with Crippen LogP contribution in [-0.2, 0) is 9.53 Å². The van der Waals surface area contributed by atoms with Crippen LogP contribution in [0.3, 0.4) is 0 Å². The van der Waals surface area contributed by atoms with Gasteiger partial charge in [0.1, 0.15) is 12.1 Å². The van der Waals surface area contributed by atoms with Gasteiger partial charge in [0.15, 0.2) is 0 Å². The molecule has 1 fully saturated rings. The molecule has 3 heteroatoms. The van der Waals surface area contributed by atoms with E-state index in [0.29, 0.717) is 12.3 Å². The van der Waals surface area contributed by atoms with Crippen molar-refractivity contribution in [2.24, 2.45) is 17.1 Å². The van der Waals surface area contributed by atoms with Gasteiger partial charge in [-0.25, -0.2) is 0 Å². The Morgan fingerprint density at radius 2 is 2.12 bits per heavy atom. The van der Waals surface area contributed by atoms with Crippen LogP contribution in [0, 0.1) is 11.3 Å². The molecule has 0 aromatic heterocycles. The molecule has 0 spiro atoms. The van der Waals surface area contributed by atoms with Gasteiger partial charge in [0.2, 0.25) is 0 Å². The fourth-order valence-electron chi connectivity index (χ4n) is 3.03. The maximum atomic E-state index is 11.8. The molecule has 0 radical (unpaired) electrons. The van der Waals surface area contributed by atoms with Gasteiger partial charge in [-0.05, 0) is 37.0 Å². The molecule has 3 atom stereocenters. The predicted octanol–water partition coefficient (Wildman–Crippen LogP) is 2.87. The summed E-state index contributed by atoms with van der Waals surface area (Å²) in [6.45, 7) is 8.75. The molecule has 0 aromatic carbocycles. The van der Waals surface area contributed by atoms with Crippen LogP contribution in [0.15, 0.2) is 0 Å². The highest BCUT2D eigenvalue weighted by Gasteiger charge is 2.34. The Balaban J connectivity index is 2.48. The Bertz CT molecular complexity index is 263. The van der Waals surface area contributed by atoms with Crippen LogP contribution in [0.5, 0.6) is 0 Å². The molecule has 1 rings (SSSR count). The first kappa shape index (κ1) is 14.5. The Hall–Kier alpha value is -0.570. The van der Waals surface area contributed by atoms with Gasteiger partial charge in [0.25, 0.3) is 0 Å². The molecule has 0 aliphatic heterocycles. The smallest absolute Gasteiger partial charge is 0.323 e. The normalized spacial score (nSPS) is 29.7. The van der Waals surface area contributed by atoms with Gasteiger partial charge in [-0.2, -0.15) is 0 Å². The van der Waals surface area contributed by atoms with Crippen LogP contribution < -0.4 is 5.73 Å². The second kappa shape index (κ2) is 5.85. The lowest BCUT2D eigenvalue weighted by atomic mass is 9.71. The Morgan fingerprint density at radius 3 is 2.65 bits per heavy atom. The highest BCUT2D eigenvalue weighted by atomic mass is 16.5. The van der Waals surface area contributed by atoms with Crippen LogP contribution >= 0.6 is 0 Å². The SMILES string of the molecule is CCC[C@@H](N)C(=O)OC1CC(C)CC(C)(C)C1. The average Bonchev–Trinajstić information content (AvgIpc) is 2.14. The van der Waals surface area contributed by atoms with E-state index in [1.807, 2.05) is 6.92 Å². The van der Waals surface area contributed by atoms with E-state index >= 15 is 0 Å². The molecule has 0 bridgehead atoms. The van der Waals surface area contributed by atoms with E-state index in [-0.39, 0.29) is 17.5 Å². The molecule has 3 nitrogen and oxygen atoms in total. The number of ether oxygens (including phenoxy) is 1. The highest BCUT2D eigenvalue weighted by molar-refractivity contribution is 5.75. The monoisotopic (exact) mass is 241 g/mol. The molecule has 1 aliphatic carbocycles. The highest BCUT2D eigenvalue weighted by Crippen LogP contribution is 2.39. The molecule has 0 heterocycles. The Morgan fingerprint density at radius 1 is 1.47 bits per heavy atom. The number of esters is 1. The zero-order chi connectivity index (χ0) is 13.1. The summed E-state index contributed by atoms with van der Waals surface area (Å²) in [5.41, 5.74) is 6.05. The summed E-state index contributed by atoms with van der Waals surface area (Å²) in [6, 6.07) is -0.444. The second-order valence-corrected chi connectivity index (χ2v) is 6.37. The van der Waals surface area contributed by atoms with Crippen LogP contribution in [-0.4, -0.2) is 18.1 Å². The summed E-state index contributed by atoms with van der Waals surface area (Å²) in [6.07, 6.45) is 4.84. The summed E-state index contributed by atoms with van der Waals surface area (Å²) >= 11 is 0. The van der Waals surface area contributed by atoms with Gasteiger partial charge in [0.05, 0.1) is 0 Å². The van der Waals surface area contributed by atoms with Gasteiger partial charge in [-0.1, -0.05) is 34.1 Å². The Kier molecular flexibility index (Phi) is 4.99. The molecule has 2 N–H and O–H groups in total. The summed E-state index contributed by atoms with van der Waals surface area (Å²) in [5, 5.41) is 0. The van der Waals surface area contributed by atoms with Crippen molar-refractivity contribution in [2.75, 3.05) is 0 Å². The zero-order valence-corrected chi connectivity index (χ0v) is 11.7. The first-order valence-corrected chi connectivity index (χ1v) is 6.80. The van der Waals surface area contributed by atoms with E-state index < -0.39 is 6.04 Å².